The van der Waals surface area contributed by atoms with E-state index in [1.54, 1.807) is 31.2 Å². The number of pyridine rings is 1. The van der Waals surface area contributed by atoms with Crippen molar-refractivity contribution >= 4 is 29.1 Å². The van der Waals surface area contributed by atoms with Crippen LogP contribution in [0.5, 0.6) is 0 Å². The molecule has 1 aliphatic heterocycles. The number of nitrogens with zero attached hydrogens (tertiary/aromatic N) is 3. The summed E-state index contributed by atoms with van der Waals surface area (Å²) in [6.45, 7) is 2.08. The highest BCUT2D eigenvalue weighted by Crippen LogP contribution is 2.39. The molecule has 0 aliphatic carbocycles. The second kappa shape index (κ2) is 7.98. The lowest BCUT2D eigenvalue weighted by Crippen LogP contribution is -2.27. The summed E-state index contributed by atoms with van der Waals surface area (Å²) in [4.78, 5) is 18.6. The van der Waals surface area contributed by atoms with Crippen molar-refractivity contribution < 1.29 is 9.90 Å². The van der Waals surface area contributed by atoms with E-state index in [-0.39, 0.29) is 19.0 Å². The van der Waals surface area contributed by atoms with Gasteiger partial charge in [0.1, 0.15) is 6.07 Å². The lowest BCUT2D eigenvalue weighted by atomic mass is 9.94. The number of nitriles is 1. The van der Waals surface area contributed by atoms with Gasteiger partial charge in [-0.1, -0.05) is 29.1 Å². The van der Waals surface area contributed by atoms with E-state index in [4.69, 9.17) is 28.5 Å². The Balaban J connectivity index is 1.86. The van der Waals surface area contributed by atoms with E-state index in [0.717, 1.165) is 0 Å². The molecule has 2 aromatic rings. The van der Waals surface area contributed by atoms with E-state index >= 15 is 0 Å². The molecule has 1 fully saturated rings. The first-order chi connectivity index (χ1) is 12.9. The Morgan fingerprint density at radius 1 is 1.30 bits per heavy atom. The summed E-state index contributed by atoms with van der Waals surface area (Å²) in [6, 6.07) is 8.60. The normalized spacial score (nSPS) is 18.8. The molecule has 2 heterocycles. The number of hydrogen-bond acceptors (Lipinski definition) is 4. The van der Waals surface area contributed by atoms with Crippen LogP contribution < -0.4 is 0 Å². The molecule has 0 radical (unpaired) electrons. The monoisotopic (exact) mass is 399 g/mol. The van der Waals surface area contributed by atoms with Gasteiger partial charge in [0.25, 0.3) is 0 Å². The molecule has 1 saturated heterocycles. The van der Waals surface area contributed by atoms with Crippen molar-refractivity contribution in [2.24, 2.45) is 0 Å². The van der Waals surface area contributed by atoms with Gasteiger partial charge in [-0.2, -0.15) is 5.26 Å². The van der Waals surface area contributed by atoms with Crippen LogP contribution in [-0.4, -0.2) is 33.5 Å². The third-order valence-electron chi connectivity index (χ3n) is 4.34. The smallest absolute Gasteiger partial charge is 0.233 e. The highest BCUT2D eigenvalue weighted by molar-refractivity contribution is 6.36. The van der Waals surface area contributed by atoms with Crippen molar-refractivity contribution in [3.8, 4) is 17.9 Å². The SMILES string of the molecule is CC#Cc1cc(Cl)c(C2C(=O)N(Cc3ccc(C#N)cn3)CC2O)c(Cl)c1. The standard InChI is InChI=1S/C20H15Cl2N3O2/c1-2-3-12-6-15(21)18(16(22)7-12)19-17(26)11-25(20(19)27)10-14-5-4-13(8-23)9-24-14/h4-7,9,17,19,26H,10-11H2,1H3. The van der Waals surface area contributed by atoms with Gasteiger partial charge in [-0.3, -0.25) is 9.78 Å². The fraction of sp³-hybridized carbons (Fsp3) is 0.250. The average molecular weight is 400 g/mol. The molecule has 136 valence electrons. The fourth-order valence-electron chi connectivity index (χ4n) is 3.12. The minimum Gasteiger partial charge on any atom is -0.390 e. The molecule has 0 spiro atoms. The largest absolute Gasteiger partial charge is 0.390 e. The van der Waals surface area contributed by atoms with Crippen LogP contribution in [0.15, 0.2) is 30.5 Å². The molecule has 0 saturated carbocycles. The highest BCUT2D eigenvalue weighted by atomic mass is 35.5. The second-order valence-electron chi connectivity index (χ2n) is 6.14. The number of halogens is 2. The van der Waals surface area contributed by atoms with Crippen LogP contribution in [0, 0.1) is 23.2 Å². The fourth-order valence-corrected chi connectivity index (χ4v) is 3.84. The minimum absolute atomic E-state index is 0.147. The third-order valence-corrected chi connectivity index (χ3v) is 4.96. The number of aliphatic hydroxyl groups excluding tert-OH is 1. The minimum atomic E-state index is -0.936. The summed E-state index contributed by atoms with van der Waals surface area (Å²) >= 11 is 12.7. The molecular formula is C20H15Cl2N3O2. The third kappa shape index (κ3) is 3.91. The summed E-state index contributed by atoms with van der Waals surface area (Å²) in [6.07, 6.45) is 0.513. The Morgan fingerprint density at radius 3 is 2.56 bits per heavy atom. The Labute approximate surface area is 167 Å². The zero-order chi connectivity index (χ0) is 19.6. The first-order valence-electron chi connectivity index (χ1n) is 8.18. The van der Waals surface area contributed by atoms with Gasteiger partial charge in [0.2, 0.25) is 5.91 Å². The Morgan fingerprint density at radius 2 is 2.00 bits per heavy atom. The molecule has 2 unspecified atom stereocenters. The van der Waals surface area contributed by atoms with Crippen LogP contribution >= 0.6 is 23.2 Å². The number of aromatic nitrogens is 1. The van der Waals surface area contributed by atoms with E-state index < -0.39 is 12.0 Å². The number of aliphatic hydroxyl groups is 1. The van der Waals surface area contributed by atoms with Crippen LogP contribution in [0.25, 0.3) is 0 Å². The zero-order valence-electron chi connectivity index (χ0n) is 14.4. The molecule has 1 N–H and O–H groups in total. The number of amides is 1. The second-order valence-corrected chi connectivity index (χ2v) is 6.96. The zero-order valence-corrected chi connectivity index (χ0v) is 15.9. The summed E-state index contributed by atoms with van der Waals surface area (Å²) in [5.41, 5.74) is 2.13. The van der Waals surface area contributed by atoms with Crippen molar-refractivity contribution in [1.29, 1.82) is 5.26 Å². The molecule has 2 atom stereocenters. The van der Waals surface area contributed by atoms with Gasteiger partial charge in [-0.15, -0.1) is 5.92 Å². The molecule has 7 heteroatoms. The summed E-state index contributed by atoms with van der Waals surface area (Å²) in [7, 11) is 0. The maximum absolute atomic E-state index is 12.9. The lowest BCUT2D eigenvalue weighted by molar-refractivity contribution is -0.129. The van der Waals surface area contributed by atoms with E-state index in [1.165, 1.54) is 11.1 Å². The molecule has 1 aromatic carbocycles. The Kier molecular flexibility index (Phi) is 5.68. The maximum atomic E-state index is 12.9. The lowest BCUT2D eigenvalue weighted by Gasteiger charge is -2.17. The van der Waals surface area contributed by atoms with Crippen LogP contribution in [0.4, 0.5) is 0 Å². The number of benzene rings is 1. The molecule has 27 heavy (non-hydrogen) atoms. The molecule has 1 amide bonds. The predicted octanol–water partition coefficient (Wildman–Crippen LogP) is 3.12. The Bertz CT molecular complexity index is 964. The molecule has 1 aromatic heterocycles. The molecule has 5 nitrogen and oxygen atoms in total. The molecule has 1 aliphatic rings. The first-order valence-corrected chi connectivity index (χ1v) is 8.93. The Hall–Kier alpha value is -2.57. The summed E-state index contributed by atoms with van der Waals surface area (Å²) in [5, 5.41) is 19.9. The van der Waals surface area contributed by atoms with Crippen molar-refractivity contribution in [2.75, 3.05) is 6.54 Å². The number of carbonyl (C=O) groups excluding carboxylic acids is 1. The van der Waals surface area contributed by atoms with Crippen molar-refractivity contribution in [3.63, 3.8) is 0 Å². The van der Waals surface area contributed by atoms with Crippen LogP contribution in [-0.2, 0) is 11.3 Å². The average Bonchev–Trinajstić information content (AvgIpc) is 2.90. The van der Waals surface area contributed by atoms with E-state index in [1.807, 2.05) is 6.07 Å². The summed E-state index contributed by atoms with van der Waals surface area (Å²) < 4.78 is 0. The van der Waals surface area contributed by atoms with Crippen molar-refractivity contribution in [3.05, 3.63) is 62.9 Å². The van der Waals surface area contributed by atoms with Crippen LogP contribution in [0.3, 0.4) is 0 Å². The number of hydrogen-bond donors (Lipinski definition) is 1. The van der Waals surface area contributed by atoms with Crippen molar-refractivity contribution in [1.82, 2.24) is 9.88 Å². The van der Waals surface area contributed by atoms with Gasteiger partial charge in [0.15, 0.2) is 0 Å². The number of β-amino-alcohol motifs (C(OH)–C–C–N with tert-alkyl or cyclic N) is 1. The topological polar surface area (TPSA) is 77.2 Å². The van der Waals surface area contributed by atoms with Crippen LogP contribution in [0.2, 0.25) is 10.0 Å². The number of rotatable bonds is 3. The molecular weight excluding hydrogens is 385 g/mol. The first kappa shape index (κ1) is 19.2. The molecule has 3 rings (SSSR count). The van der Waals surface area contributed by atoms with Gasteiger partial charge in [0, 0.05) is 33.9 Å². The van der Waals surface area contributed by atoms with Crippen molar-refractivity contribution in [2.45, 2.75) is 25.5 Å². The van der Waals surface area contributed by atoms with Gasteiger partial charge < -0.3 is 10.0 Å². The van der Waals surface area contributed by atoms with Gasteiger partial charge >= 0.3 is 0 Å². The van der Waals surface area contributed by atoms with Gasteiger partial charge in [0.05, 0.1) is 29.8 Å². The van der Waals surface area contributed by atoms with Crippen LogP contribution in [0.1, 0.15) is 35.2 Å². The van der Waals surface area contributed by atoms with E-state index in [9.17, 15) is 9.90 Å². The molecule has 0 bridgehead atoms. The highest BCUT2D eigenvalue weighted by Gasteiger charge is 2.42. The maximum Gasteiger partial charge on any atom is 0.233 e. The van der Waals surface area contributed by atoms with E-state index in [0.29, 0.717) is 32.4 Å². The van der Waals surface area contributed by atoms with E-state index in [2.05, 4.69) is 16.8 Å². The number of likely N-dealkylation sites (tertiary alicyclic amines) is 1. The quantitative estimate of drug-likeness (QED) is 0.804. The predicted molar refractivity (Wildman–Crippen MR) is 102 cm³/mol. The van der Waals surface area contributed by atoms with Gasteiger partial charge in [-0.25, -0.2) is 0 Å². The number of carbonyl (C=O) groups is 1. The van der Waals surface area contributed by atoms with Gasteiger partial charge in [-0.05, 0) is 31.2 Å². The summed E-state index contributed by atoms with van der Waals surface area (Å²) in [5.74, 6) is 4.53.